The molecule has 22 heavy (non-hydrogen) atoms. The third-order valence-corrected chi connectivity index (χ3v) is 3.78. The standard InChI is InChI=1S/C16H18BrN3O2/c1-2-20-10-13(17)9-14(20)16(22)19-7-6-11-4-3-5-12(8-11)15(18)21/h3-5,8-10H,2,6-7H2,1H3,(H2,18,21)(H,19,22). The van der Waals surface area contributed by atoms with E-state index in [2.05, 4.69) is 21.2 Å². The van der Waals surface area contributed by atoms with Crippen LogP contribution in [0.2, 0.25) is 0 Å². The Labute approximate surface area is 137 Å². The van der Waals surface area contributed by atoms with E-state index in [0.29, 0.717) is 24.2 Å². The van der Waals surface area contributed by atoms with E-state index in [4.69, 9.17) is 5.73 Å². The van der Waals surface area contributed by atoms with Crippen molar-refractivity contribution >= 4 is 27.7 Å². The van der Waals surface area contributed by atoms with Crippen LogP contribution < -0.4 is 11.1 Å². The zero-order chi connectivity index (χ0) is 16.1. The topological polar surface area (TPSA) is 77.1 Å². The number of nitrogens with two attached hydrogens (primary N) is 1. The lowest BCUT2D eigenvalue weighted by molar-refractivity contribution is 0.0943. The Hall–Kier alpha value is -2.08. The minimum atomic E-state index is -0.448. The molecule has 1 heterocycles. The Morgan fingerprint density at radius 3 is 2.77 bits per heavy atom. The molecule has 6 heteroatoms. The van der Waals surface area contributed by atoms with Crippen LogP contribution in [0.1, 0.15) is 33.3 Å². The molecule has 2 rings (SSSR count). The number of halogens is 1. The van der Waals surface area contributed by atoms with E-state index in [1.807, 2.05) is 23.8 Å². The number of benzene rings is 1. The van der Waals surface area contributed by atoms with Crippen LogP contribution in [0.3, 0.4) is 0 Å². The summed E-state index contributed by atoms with van der Waals surface area (Å²) >= 11 is 3.37. The summed E-state index contributed by atoms with van der Waals surface area (Å²) in [6, 6.07) is 8.92. The van der Waals surface area contributed by atoms with Crippen LogP contribution in [0.4, 0.5) is 0 Å². The summed E-state index contributed by atoms with van der Waals surface area (Å²) in [6.07, 6.45) is 2.52. The normalized spacial score (nSPS) is 10.5. The van der Waals surface area contributed by atoms with Gasteiger partial charge in [-0.15, -0.1) is 0 Å². The molecule has 0 aliphatic carbocycles. The molecule has 116 valence electrons. The first-order valence-corrected chi connectivity index (χ1v) is 7.83. The van der Waals surface area contributed by atoms with Gasteiger partial charge in [-0.3, -0.25) is 9.59 Å². The number of hydrogen-bond donors (Lipinski definition) is 2. The molecule has 3 N–H and O–H groups in total. The molecule has 0 bridgehead atoms. The van der Waals surface area contributed by atoms with E-state index in [9.17, 15) is 9.59 Å². The van der Waals surface area contributed by atoms with Crippen LogP contribution in [-0.4, -0.2) is 22.9 Å². The zero-order valence-electron chi connectivity index (χ0n) is 12.3. The summed E-state index contributed by atoms with van der Waals surface area (Å²) < 4.78 is 2.77. The Bertz CT molecular complexity index is 694. The third-order valence-electron chi connectivity index (χ3n) is 3.35. The number of aromatic nitrogens is 1. The number of hydrogen-bond acceptors (Lipinski definition) is 2. The molecule has 0 aliphatic heterocycles. The molecule has 5 nitrogen and oxygen atoms in total. The van der Waals surface area contributed by atoms with Gasteiger partial charge in [0, 0.05) is 29.3 Å². The molecular formula is C16H18BrN3O2. The highest BCUT2D eigenvalue weighted by atomic mass is 79.9. The highest BCUT2D eigenvalue weighted by molar-refractivity contribution is 9.10. The minimum Gasteiger partial charge on any atom is -0.366 e. The smallest absolute Gasteiger partial charge is 0.267 e. The Kier molecular flexibility index (Phi) is 5.38. The lowest BCUT2D eigenvalue weighted by atomic mass is 10.1. The number of aryl methyl sites for hydroxylation is 1. The maximum Gasteiger partial charge on any atom is 0.267 e. The van der Waals surface area contributed by atoms with Gasteiger partial charge in [-0.25, -0.2) is 0 Å². The quantitative estimate of drug-likeness (QED) is 0.826. The first kappa shape index (κ1) is 16.3. The summed E-state index contributed by atoms with van der Waals surface area (Å²) in [5.74, 6) is -0.560. The number of nitrogens with one attached hydrogen (secondary N) is 1. The lowest BCUT2D eigenvalue weighted by Crippen LogP contribution is -2.27. The summed E-state index contributed by atoms with van der Waals surface area (Å²) in [5.41, 5.74) is 7.32. The molecule has 0 unspecified atom stereocenters. The fourth-order valence-corrected chi connectivity index (χ4v) is 2.68. The maximum absolute atomic E-state index is 12.2. The van der Waals surface area contributed by atoms with E-state index in [1.54, 1.807) is 24.3 Å². The van der Waals surface area contributed by atoms with Crippen molar-refractivity contribution in [1.29, 1.82) is 0 Å². The predicted molar refractivity (Wildman–Crippen MR) is 88.8 cm³/mol. The fraction of sp³-hybridized carbons (Fsp3) is 0.250. The van der Waals surface area contributed by atoms with Gasteiger partial charge in [0.05, 0.1) is 0 Å². The van der Waals surface area contributed by atoms with Crippen molar-refractivity contribution in [2.45, 2.75) is 19.9 Å². The third kappa shape index (κ3) is 3.98. The molecule has 0 atom stereocenters. The van der Waals surface area contributed by atoms with Gasteiger partial charge in [-0.1, -0.05) is 12.1 Å². The molecule has 2 aromatic rings. The van der Waals surface area contributed by atoms with Crippen molar-refractivity contribution in [3.8, 4) is 0 Å². The van der Waals surface area contributed by atoms with Crippen LogP contribution in [0.5, 0.6) is 0 Å². The molecule has 1 aromatic heterocycles. The van der Waals surface area contributed by atoms with E-state index in [0.717, 1.165) is 16.6 Å². The van der Waals surface area contributed by atoms with Crippen molar-refractivity contribution in [2.24, 2.45) is 5.73 Å². The highest BCUT2D eigenvalue weighted by Crippen LogP contribution is 2.15. The van der Waals surface area contributed by atoms with Crippen molar-refractivity contribution < 1.29 is 9.59 Å². The monoisotopic (exact) mass is 363 g/mol. The van der Waals surface area contributed by atoms with Crippen LogP contribution in [0.25, 0.3) is 0 Å². The molecule has 0 radical (unpaired) electrons. The van der Waals surface area contributed by atoms with Gasteiger partial charge in [-0.2, -0.15) is 0 Å². The molecule has 0 saturated heterocycles. The van der Waals surface area contributed by atoms with E-state index >= 15 is 0 Å². The van der Waals surface area contributed by atoms with Crippen LogP contribution in [-0.2, 0) is 13.0 Å². The van der Waals surface area contributed by atoms with E-state index in [1.165, 1.54) is 0 Å². The van der Waals surface area contributed by atoms with Gasteiger partial charge in [-0.05, 0) is 53.0 Å². The summed E-state index contributed by atoms with van der Waals surface area (Å²) in [6.45, 7) is 3.21. The zero-order valence-corrected chi connectivity index (χ0v) is 13.9. The molecule has 2 amide bonds. The largest absolute Gasteiger partial charge is 0.366 e. The first-order valence-electron chi connectivity index (χ1n) is 7.04. The van der Waals surface area contributed by atoms with Gasteiger partial charge in [0.25, 0.3) is 5.91 Å². The van der Waals surface area contributed by atoms with Crippen molar-refractivity contribution in [3.05, 3.63) is 57.8 Å². The fourth-order valence-electron chi connectivity index (χ4n) is 2.22. The molecule has 0 aliphatic rings. The second-order valence-corrected chi connectivity index (χ2v) is 5.82. The Morgan fingerprint density at radius 1 is 1.32 bits per heavy atom. The Balaban J connectivity index is 1.94. The van der Waals surface area contributed by atoms with Gasteiger partial charge < -0.3 is 15.6 Å². The molecule has 0 spiro atoms. The van der Waals surface area contributed by atoms with Crippen molar-refractivity contribution in [2.75, 3.05) is 6.54 Å². The number of primary amides is 1. The average molecular weight is 364 g/mol. The summed E-state index contributed by atoms with van der Waals surface area (Å²) in [5, 5.41) is 2.89. The van der Waals surface area contributed by atoms with Crippen LogP contribution in [0, 0.1) is 0 Å². The van der Waals surface area contributed by atoms with Gasteiger partial charge in [0.1, 0.15) is 5.69 Å². The van der Waals surface area contributed by atoms with E-state index < -0.39 is 5.91 Å². The summed E-state index contributed by atoms with van der Waals surface area (Å²) in [7, 11) is 0. The number of rotatable bonds is 6. The SMILES string of the molecule is CCn1cc(Br)cc1C(=O)NCCc1cccc(C(N)=O)c1. The van der Waals surface area contributed by atoms with Crippen molar-refractivity contribution in [1.82, 2.24) is 9.88 Å². The van der Waals surface area contributed by atoms with Gasteiger partial charge >= 0.3 is 0 Å². The van der Waals surface area contributed by atoms with Crippen molar-refractivity contribution in [3.63, 3.8) is 0 Å². The predicted octanol–water partition coefficient (Wildman–Crippen LogP) is 2.34. The second-order valence-electron chi connectivity index (χ2n) is 4.90. The molecule has 1 aromatic carbocycles. The van der Waals surface area contributed by atoms with Crippen LogP contribution >= 0.6 is 15.9 Å². The second kappa shape index (κ2) is 7.26. The number of carbonyl (C=O) groups is 2. The number of nitrogens with zero attached hydrogens (tertiary/aromatic N) is 1. The first-order chi connectivity index (χ1) is 10.5. The van der Waals surface area contributed by atoms with Gasteiger partial charge in [0.15, 0.2) is 0 Å². The molecule has 0 saturated carbocycles. The number of carbonyl (C=O) groups excluding carboxylic acids is 2. The minimum absolute atomic E-state index is 0.112. The maximum atomic E-state index is 12.2. The number of amides is 2. The van der Waals surface area contributed by atoms with Crippen LogP contribution in [0.15, 0.2) is 41.0 Å². The Morgan fingerprint density at radius 2 is 2.09 bits per heavy atom. The molecular weight excluding hydrogens is 346 g/mol. The van der Waals surface area contributed by atoms with E-state index in [-0.39, 0.29) is 5.91 Å². The summed E-state index contributed by atoms with van der Waals surface area (Å²) in [4.78, 5) is 23.3. The highest BCUT2D eigenvalue weighted by Gasteiger charge is 2.11. The molecule has 0 fully saturated rings. The average Bonchev–Trinajstić information content (AvgIpc) is 2.88. The lowest BCUT2D eigenvalue weighted by Gasteiger charge is -2.08. The van der Waals surface area contributed by atoms with Gasteiger partial charge in [0.2, 0.25) is 5.91 Å².